The molecule has 0 aliphatic rings. The Balaban J connectivity index is 2.47. The Morgan fingerprint density at radius 1 is 1.23 bits per heavy atom. The van der Waals surface area contributed by atoms with Crippen molar-refractivity contribution in [3.05, 3.63) is 37.6 Å². The highest BCUT2D eigenvalue weighted by atomic mass is 32.1. The zero-order chi connectivity index (χ0) is 16.7. The molecule has 0 saturated carbocycles. The van der Waals surface area contributed by atoms with Gasteiger partial charge in [-0.3, -0.25) is 4.79 Å². The molecule has 120 valence electrons. The third-order valence-corrected chi connectivity index (χ3v) is 3.48. The third-order valence-electron chi connectivity index (χ3n) is 2.57. The smallest absolute Gasteiger partial charge is 0.303 e. The highest BCUT2D eigenvalue weighted by Gasteiger charge is 2.33. The molecule has 0 radical (unpaired) electrons. The number of rotatable bonds is 2. The first-order valence-corrected chi connectivity index (χ1v) is 7.05. The van der Waals surface area contributed by atoms with E-state index in [0.717, 1.165) is 11.3 Å². The number of nitrogens with one attached hydrogen (secondary N) is 1. The minimum atomic E-state index is -4.80. The summed E-state index contributed by atoms with van der Waals surface area (Å²) in [6.07, 6.45) is -4.23. The lowest BCUT2D eigenvalue weighted by Crippen LogP contribution is -2.35. The van der Waals surface area contributed by atoms with Gasteiger partial charge in [-0.25, -0.2) is 9.36 Å². The van der Waals surface area contributed by atoms with E-state index in [0.29, 0.717) is 22.1 Å². The number of aromatic nitrogens is 4. The molecule has 2 rings (SSSR count). The fourth-order valence-corrected chi connectivity index (χ4v) is 2.83. The quantitative estimate of drug-likeness (QED) is 0.911. The lowest BCUT2D eigenvalue weighted by Gasteiger charge is -2.14. The molecule has 6 nitrogen and oxygen atoms in total. The summed E-state index contributed by atoms with van der Waals surface area (Å²) < 4.78 is 38.1. The van der Waals surface area contributed by atoms with Crippen LogP contribution in [0, 0.1) is 5.41 Å². The maximum Gasteiger partial charge on any atom is 0.431 e. The number of aromatic amines is 1. The second kappa shape index (κ2) is 5.34. The van der Waals surface area contributed by atoms with Crippen molar-refractivity contribution >= 4 is 11.3 Å². The van der Waals surface area contributed by atoms with Gasteiger partial charge in [0.25, 0.3) is 5.56 Å². The molecule has 0 unspecified atom stereocenters. The molecule has 0 spiro atoms. The van der Waals surface area contributed by atoms with Gasteiger partial charge in [0.15, 0.2) is 0 Å². The Morgan fingerprint density at radius 3 is 2.36 bits per heavy atom. The molecule has 0 atom stereocenters. The van der Waals surface area contributed by atoms with E-state index < -0.39 is 23.1 Å². The largest absolute Gasteiger partial charge is 0.431 e. The van der Waals surface area contributed by atoms with Gasteiger partial charge >= 0.3 is 11.9 Å². The zero-order valence-electron chi connectivity index (χ0n) is 12.0. The van der Waals surface area contributed by atoms with Crippen molar-refractivity contribution in [2.45, 2.75) is 33.4 Å². The van der Waals surface area contributed by atoms with Crippen molar-refractivity contribution in [1.82, 2.24) is 19.7 Å². The maximum absolute atomic E-state index is 12.5. The van der Waals surface area contributed by atoms with Crippen LogP contribution in [0.25, 0.3) is 5.13 Å². The molecule has 0 bridgehead atoms. The van der Waals surface area contributed by atoms with Gasteiger partial charge in [0.2, 0.25) is 5.13 Å². The van der Waals surface area contributed by atoms with Crippen LogP contribution in [-0.4, -0.2) is 19.7 Å². The van der Waals surface area contributed by atoms with Gasteiger partial charge in [0.05, 0.1) is 0 Å². The molecule has 10 heteroatoms. The second-order valence-corrected chi connectivity index (χ2v) is 6.92. The van der Waals surface area contributed by atoms with Crippen molar-refractivity contribution in [1.29, 1.82) is 0 Å². The Hall–Kier alpha value is -1.97. The summed E-state index contributed by atoms with van der Waals surface area (Å²) in [7, 11) is 0. The van der Waals surface area contributed by atoms with Crippen LogP contribution in [0.15, 0.2) is 15.7 Å². The van der Waals surface area contributed by atoms with E-state index in [4.69, 9.17) is 0 Å². The SMILES string of the molecule is CC(C)(C)Cc1nnc(-n2c(=O)cc(C(F)(F)F)[nH]c2=O)s1. The molecule has 1 N–H and O–H groups in total. The molecular formula is C12H13F3N4O2S. The fourth-order valence-electron chi connectivity index (χ4n) is 1.69. The van der Waals surface area contributed by atoms with Crippen molar-refractivity contribution < 1.29 is 13.2 Å². The van der Waals surface area contributed by atoms with Crippen LogP contribution in [0.5, 0.6) is 0 Å². The molecule has 0 aliphatic carbocycles. The first-order chi connectivity index (χ1) is 9.97. The number of H-pyrrole nitrogens is 1. The summed E-state index contributed by atoms with van der Waals surface area (Å²) in [6.45, 7) is 5.93. The molecule has 22 heavy (non-hydrogen) atoms. The van der Waals surface area contributed by atoms with Gasteiger partial charge in [0, 0.05) is 12.5 Å². The summed E-state index contributed by atoms with van der Waals surface area (Å²) in [5, 5.41) is 8.11. The van der Waals surface area contributed by atoms with E-state index >= 15 is 0 Å². The molecule has 0 saturated heterocycles. The van der Waals surface area contributed by atoms with Crippen molar-refractivity contribution in [3.8, 4) is 5.13 Å². The Bertz CT molecular complexity index is 767. The normalized spacial score (nSPS) is 12.6. The van der Waals surface area contributed by atoms with E-state index in [9.17, 15) is 22.8 Å². The van der Waals surface area contributed by atoms with Gasteiger partial charge < -0.3 is 4.98 Å². The summed E-state index contributed by atoms with van der Waals surface area (Å²) in [4.78, 5) is 25.2. The lowest BCUT2D eigenvalue weighted by atomic mass is 9.93. The van der Waals surface area contributed by atoms with Gasteiger partial charge in [-0.1, -0.05) is 32.1 Å². The van der Waals surface area contributed by atoms with Crippen LogP contribution in [0.2, 0.25) is 0 Å². The van der Waals surface area contributed by atoms with Crippen molar-refractivity contribution in [2.24, 2.45) is 5.41 Å². The van der Waals surface area contributed by atoms with Crippen molar-refractivity contribution in [3.63, 3.8) is 0 Å². The number of alkyl halides is 3. The summed E-state index contributed by atoms with van der Waals surface area (Å²) in [5.74, 6) is 0. The number of hydrogen-bond acceptors (Lipinski definition) is 5. The lowest BCUT2D eigenvalue weighted by molar-refractivity contribution is -0.141. The van der Waals surface area contributed by atoms with E-state index in [-0.39, 0.29) is 10.5 Å². The predicted octanol–water partition coefficient (Wildman–Crippen LogP) is 1.98. The second-order valence-electron chi connectivity index (χ2n) is 5.88. The highest BCUT2D eigenvalue weighted by Crippen LogP contribution is 2.26. The topological polar surface area (TPSA) is 80.6 Å². The standard InChI is InChI=1S/C12H13F3N4O2S/c1-11(2,3)5-7-17-18-10(22-7)19-8(20)4-6(12(13,14)15)16-9(19)21/h4H,5H2,1-3H3,(H,16,21). The summed E-state index contributed by atoms with van der Waals surface area (Å²) in [5.41, 5.74) is -3.76. The Morgan fingerprint density at radius 2 is 1.86 bits per heavy atom. The molecular weight excluding hydrogens is 321 g/mol. The first-order valence-electron chi connectivity index (χ1n) is 6.24. The molecule has 2 aromatic rings. The monoisotopic (exact) mass is 334 g/mol. The van der Waals surface area contributed by atoms with Crippen LogP contribution < -0.4 is 11.2 Å². The van der Waals surface area contributed by atoms with Gasteiger partial charge in [-0.15, -0.1) is 10.2 Å². The maximum atomic E-state index is 12.5. The third kappa shape index (κ3) is 3.62. The molecule has 0 aromatic carbocycles. The van der Waals surface area contributed by atoms with Crippen LogP contribution in [0.3, 0.4) is 0 Å². The van der Waals surface area contributed by atoms with E-state index in [2.05, 4.69) is 10.2 Å². The number of nitrogens with zero attached hydrogens (tertiary/aromatic N) is 3. The van der Waals surface area contributed by atoms with Crippen LogP contribution in [0.4, 0.5) is 13.2 Å². The minimum absolute atomic E-state index is 0.0563. The van der Waals surface area contributed by atoms with Crippen LogP contribution >= 0.6 is 11.3 Å². The van der Waals surface area contributed by atoms with E-state index in [1.807, 2.05) is 20.8 Å². The van der Waals surface area contributed by atoms with Gasteiger partial charge in [0.1, 0.15) is 10.7 Å². The molecule has 0 aliphatic heterocycles. The Labute approximate surface area is 126 Å². The van der Waals surface area contributed by atoms with Gasteiger partial charge in [-0.05, 0) is 5.41 Å². The summed E-state index contributed by atoms with van der Waals surface area (Å²) in [6, 6.07) is 0.326. The molecule has 0 amide bonds. The first kappa shape index (κ1) is 16.4. The van der Waals surface area contributed by atoms with E-state index in [1.165, 1.54) is 0 Å². The number of halogens is 3. The molecule has 2 aromatic heterocycles. The highest BCUT2D eigenvalue weighted by molar-refractivity contribution is 7.13. The minimum Gasteiger partial charge on any atom is -0.303 e. The predicted molar refractivity (Wildman–Crippen MR) is 74.3 cm³/mol. The average Bonchev–Trinajstić information content (AvgIpc) is 2.72. The van der Waals surface area contributed by atoms with Crippen LogP contribution in [0.1, 0.15) is 31.5 Å². The van der Waals surface area contributed by atoms with Crippen molar-refractivity contribution in [2.75, 3.05) is 0 Å². The van der Waals surface area contributed by atoms with Crippen LogP contribution in [-0.2, 0) is 12.6 Å². The Kier molecular flexibility index (Phi) is 3.98. The fraction of sp³-hybridized carbons (Fsp3) is 0.500. The molecule has 2 heterocycles. The molecule has 0 fully saturated rings. The summed E-state index contributed by atoms with van der Waals surface area (Å²) >= 11 is 0.994. The number of hydrogen-bond donors (Lipinski definition) is 1. The zero-order valence-corrected chi connectivity index (χ0v) is 12.8. The average molecular weight is 334 g/mol. The van der Waals surface area contributed by atoms with Gasteiger partial charge in [-0.2, -0.15) is 13.2 Å². The van der Waals surface area contributed by atoms with E-state index in [1.54, 1.807) is 4.98 Å².